The summed E-state index contributed by atoms with van der Waals surface area (Å²) in [6.07, 6.45) is -5.89. The average molecular weight is 293 g/mol. The predicted molar refractivity (Wildman–Crippen MR) is 65.1 cm³/mol. The monoisotopic (exact) mass is 293 g/mol. The second kappa shape index (κ2) is 7.07. The lowest BCUT2D eigenvalue weighted by Gasteiger charge is -2.34. The largest absolute Gasteiger partial charge is 0.394 e. The van der Waals surface area contributed by atoms with E-state index in [2.05, 4.69) is 0 Å². The van der Waals surface area contributed by atoms with Crippen LogP contribution in [-0.4, -0.2) is 78.7 Å². The zero-order valence-electron chi connectivity index (χ0n) is 10.6. The third-order valence-corrected chi connectivity index (χ3v) is 3.49. The van der Waals surface area contributed by atoms with Crippen LogP contribution < -0.4 is 0 Å². The normalized spacial score (nSPS) is 32.4. The minimum Gasteiger partial charge on any atom is -0.394 e. The molecule has 0 fully saturated rings. The Morgan fingerprint density at radius 2 is 1.85 bits per heavy atom. The van der Waals surface area contributed by atoms with Crippen LogP contribution >= 0.6 is 0 Å². The van der Waals surface area contributed by atoms with Gasteiger partial charge in [-0.05, 0) is 6.42 Å². The first kappa shape index (κ1) is 17.0. The molecule has 0 aromatic heterocycles. The van der Waals surface area contributed by atoms with Crippen molar-refractivity contribution in [3.63, 3.8) is 0 Å². The molecule has 0 aromatic carbocycles. The van der Waals surface area contributed by atoms with E-state index in [1.165, 1.54) is 12.2 Å². The average Bonchev–Trinajstić information content (AvgIpc) is 2.43. The molecule has 1 aliphatic carbocycles. The van der Waals surface area contributed by atoms with Crippen LogP contribution in [0.15, 0.2) is 12.2 Å². The SMILES string of the molecule is O=[N+]([O-])[C@H]1[C@H](O)C=CC[C@@H]1C(O)[C@@H](O)[C@@H](O)[C@H](O)CO. The molecule has 1 unspecified atom stereocenters. The molecule has 0 spiro atoms. The molecule has 116 valence electrons. The predicted octanol–water partition coefficient (Wildman–Crippen LogP) is -3.00. The lowest BCUT2D eigenvalue weighted by Crippen LogP contribution is -2.54. The Morgan fingerprint density at radius 3 is 2.35 bits per heavy atom. The molecule has 0 bridgehead atoms. The Bertz CT molecular complexity index is 362. The van der Waals surface area contributed by atoms with Crippen LogP contribution in [0, 0.1) is 16.0 Å². The number of nitrogens with zero attached hydrogens (tertiary/aromatic N) is 1. The highest BCUT2D eigenvalue weighted by Crippen LogP contribution is 2.28. The van der Waals surface area contributed by atoms with Crippen LogP contribution in [0.25, 0.3) is 0 Å². The van der Waals surface area contributed by atoms with Crippen molar-refractivity contribution < 1.29 is 35.6 Å². The third-order valence-electron chi connectivity index (χ3n) is 3.49. The molecule has 0 saturated heterocycles. The van der Waals surface area contributed by atoms with Crippen molar-refractivity contribution in [2.75, 3.05) is 6.61 Å². The Labute approximate surface area is 114 Å². The van der Waals surface area contributed by atoms with Gasteiger partial charge in [-0.1, -0.05) is 12.2 Å². The van der Waals surface area contributed by atoms with Gasteiger partial charge in [-0.3, -0.25) is 10.1 Å². The standard InChI is InChI=1S/C11H19NO8/c13-4-7(15)10(17)11(18)9(16)5-2-1-3-6(14)8(5)12(19)20/h1,3,5-11,13-18H,2,4H2/t5-,6+,7+,8+,9?,10-,11+/m0/s1. The number of rotatable bonds is 6. The van der Waals surface area contributed by atoms with Crippen LogP contribution in [-0.2, 0) is 0 Å². The van der Waals surface area contributed by atoms with Crippen molar-refractivity contribution in [3.8, 4) is 0 Å². The van der Waals surface area contributed by atoms with Gasteiger partial charge in [-0.2, -0.15) is 0 Å². The van der Waals surface area contributed by atoms with Crippen molar-refractivity contribution in [2.24, 2.45) is 5.92 Å². The zero-order chi connectivity index (χ0) is 15.4. The number of allylic oxidation sites excluding steroid dienone is 1. The molecule has 0 radical (unpaired) electrons. The Kier molecular flexibility index (Phi) is 5.99. The van der Waals surface area contributed by atoms with Crippen LogP contribution in [0.3, 0.4) is 0 Å². The topological polar surface area (TPSA) is 165 Å². The van der Waals surface area contributed by atoms with Crippen molar-refractivity contribution in [2.45, 2.75) is 43.0 Å². The molecule has 1 aliphatic rings. The highest BCUT2D eigenvalue weighted by atomic mass is 16.6. The Hall–Kier alpha value is -1.10. The molecule has 20 heavy (non-hydrogen) atoms. The fourth-order valence-corrected chi connectivity index (χ4v) is 2.30. The maximum absolute atomic E-state index is 10.9. The first-order valence-electron chi connectivity index (χ1n) is 6.12. The van der Waals surface area contributed by atoms with E-state index in [9.17, 15) is 35.6 Å². The fourth-order valence-electron chi connectivity index (χ4n) is 2.30. The molecule has 0 aliphatic heterocycles. The number of aliphatic hydroxyl groups is 6. The van der Waals surface area contributed by atoms with E-state index >= 15 is 0 Å². The second-order valence-corrected chi connectivity index (χ2v) is 4.82. The molecule has 6 N–H and O–H groups in total. The molecular weight excluding hydrogens is 274 g/mol. The summed E-state index contributed by atoms with van der Waals surface area (Å²) in [5.74, 6) is -1.12. The molecule has 9 nitrogen and oxygen atoms in total. The van der Waals surface area contributed by atoms with Crippen LogP contribution in [0.5, 0.6) is 0 Å². The van der Waals surface area contributed by atoms with E-state index < -0.39 is 54.0 Å². The summed E-state index contributed by atoms with van der Waals surface area (Å²) in [6, 6.07) is -1.52. The number of hydrogen-bond donors (Lipinski definition) is 6. The van der Waals surface area contributed by atoms with E-state index in [1.807, 2.05) is 0 Å². The van der Waals surface area contributed by atoms with Gasteiger partial charge in [-0.25, -0.2) is 0 Å². The lowest BCUT2D eigenvalue weighted by atomic mass is 9.80. The number of aliphatic hydroxyl groups excluding tert-OH is 6. The minimum atomic E-state index is -1.89. The van der Waals surface area contributed by atoms with E-state index in [0.29, 0.717) is 0 Å². The van der Waals surface area contributed by atoms with E-state index in [0.717, 1.165) is 0 Å². The highest BCUT2D eigenvalue weighted by molar-refractivity contribution is 5.05. The first-order chi connectivity index (χ1) is 9.31. The van der Waals surface area contributed by atoms with Gasteiger partial charge in [0.05, 0.1) is 18.6 Å². The van der Waals surface area contributed by atoms with Crippen molar-refractivity contribution in [1.82, 2.24) is 0 Å². The van der Waals surface area contributed by atoms with E-state index in [-0.39, 0.29) is 6.42 Å². The maximum atomic E-state index is 10.9. The summed E-state index contributed by atoms with van der Waals surface area (Å²) in [5.41, 5.74) is 0. The van der Waals surface area contributed by atoms with Gasteiger partial charge in [0.25, 0.3) is 0 Å². The summed E-state index contributed by atoms with van der Waals surface area (Å²) < 4.78 is 0. The van der Waals surface area contributed by atoms with E-state index in [4.69, 9.17) is 5.11 Å². The highest BCUT2D eigenvalue weighted by Gasteiger charge is 2.46. The molecule has 0 saturated carbocycles. The van der Waals surface area contributed by atoms with Gasteiger partial charge in [0.15, 0.2) is 0 Å². The third kappa shape index (κ3) is 3.51. The van der Waals surface area contributed by atoms with Crippen LogP contribution in [0.1, 0.15) is 6.42 Å². The summed E-state index contributed by atoms with van der Waals surface area (Å²) >= 11 is 0. The smallest absolute Gasteiger partial charge is 0.247 e. The van der Waals surface area contributed by atoms with Gasteiger partial charge < -0.3 is 30.6 Å². The van der Waals surface area contributed by atoms with Crippen molar-refractivity contribution in [1.29, 1.82) is 0 Å². The molecule has 0 aromatic rings. The minimum absolute atomic E-state index is 0.0306. The summed E-state index contributed by atoms with van der Waals surface area (Å²) in [4.78, 5) is 10.2. The Morgan fingerprint density at radius 1 is 1.25 bits per heavy atom. The van der Waals surface area contributed by atoms with Gasteiger partial charge >= 0.3 is 0 Å². The number of hydrogen-bond acceptors (Lipinski definition) is 8. The maximum Gasteiger partial charge on any atom is 0.247 e. The van der Waals surface area contributed by atoms with E-state index in [1.54, 1.807) is 0 Å². The van der Waals surface area contributed by atoms with Crippen molar-refractivity contribution >= 4 is 0 Å². The van der Waals surface area contributed by atoms with Gasteiger partial charge in [0.1, 0.15) is 24.4 Å². The van der Waals surface area contributed by atoms with Gasteiger partial charge in [-0.15, -0.1) is 0 Å². The molecular formula is C11H19NO8. The van der Waals surface area contributed by atoms with Gasteiger partial charge in [0, 0.05) is 4.92 Å². The lowest BCUT2D eigenvalue weighted by molar-refractivity contribution is -0.545. The summed E-state index contributed by atoms with van der Waals surface area (Å²) in [5, 5.41) is 67.5. The first-order valence-corrected chi connectivity index (χ1v) is 6.12. The zero-order valence-corrected chi connectivity index (χ0v) is 10.6. The summed E-state index contributed by atoms with van der Waals surface area (Å²) in [6.45, 7) is -0.837. The van der Waals surface area contributed by atoms with Gasteiger partial charge in [0.2, 0.25) is 6.04 Å². The van der Waals surface area contributed by atoms with Crippen LogP contribution in [0.2, 0.25) is 0 Å². The number of nitro groups is 1. The molecule has 0 amide bonds. The van der Waals surface area contributed by atoms with Crippen molar-refractivity contribution in [3.05, 3.63) is 22.3 Å². The fraction of sp³-hybridized carbons (Fsp3) is 0.818. The molecule has 7 atom stereocenters. The quantitative estimate of drug-likeness (QED) is 0.171. The molecule has 1 rings (SSSR count). The van der Waals surface area contributed by atoms with Crippen LogP contribution in [0.4, 0.5) is 0 Å². The summed E-state index contributed by atoms with van der Waals surface area (Å²) in [7, 11) is 0. The molecule has 0 heterocycles. The Balaban J connectivity index is 2.86. The second-order valence-electron chi connectivity index (χ2n) is 4.82. The molecule has 9 heteroatoms.